The third-order valence-electron chi connectivity index (χ3n) is 3.05. The first-order valence-corrected chi connectivity index (χ1v) is 6.14. The Labute approximate surface area is 110 Å². The molecule has 1 amide bonds. The Morgan fingerprint density at radius 1 is 1.22 bits per heavy atom. The Morgan fingerprint density at radius 2 is 1.78 bits per heavy atom. The highest BCUT2D eigenvalue weighted by Gasteiger charge is 2.15. The van der Waals surface area contributed by atoms with Gasteiger partial charge < -0.3 is 15.1 Å². The quantitative estimate of drug-likeness (QED) is 0.855. The molecule has 0 aliphatic heterocycles. The van der Waals surface area contributed by atoms with Crippen LogP contribution in [0, 0.1) is 0 Å². The summed E-state index contributed by atoms with van der Waals surface area (Å²) in [5.74, 6) is 0.106. The number of carbonyl (C=O) groups excluding carboxylic acids is 1. The van der Waals surface area contributed by atoms with Crippen LogP contribution in [-0.4, -0.2) is 45.0 Å². The number of amides is 1. The van der Waals surface area contributed by atoms with E-state index < -0.39 is 0 Å². The Balaban J connectivity index is 2.64. The molecule has 4 heteroatoms. The highest BCUT2D eigenvalue weighted by molar-refractivity contribution is 5.81. The number of benzene rings is 1. The minimum absolute atomic E-state index is 0.106. The number of nitrogens with zero attached hydrogens (tertiary/aromatic N) is 2. The van der Waals surface area contributed by atoms with Crippen molar-refractivity contribution in [3.8, 4) is 0 Å². The van der Waals surface area contributed by atoms with E-state index in [2.05, 4.69) is 34.5 Å². The van der Waals surface area contributed by atoms with Gasteiger partial charge in [-0.1, -0.05) is 12.1 Å². The van der Waals surface area contributed by atoms with Crippen LogP contribution in [0.5, 0.6) is 0 Å². The molecule has 4 nitrogen and oxygen atoms in total. The summed E-state index contributed by atoms with van der Waals surface area (Å²) in [7, 11) is 7.65. The number of nitrogens with one attached hydrogen (secondary N) is 1. The van der Waals surface area contributed by atoms with Gasteiger partial charge in [-0.25, -0.2) is 0 Å². The van der Waals surface area contributed by atoms with Crippen molar-refractivity contribution in [3.05, 3.63) is 29.8 Å². The van der Waals surface area contributed by atoms with E-state index in [-0.39, 0.29) is 11.9 Å². The molecular weight excluding hydrogens is 226 g/mol. The highest BCUT2D eigenvalue weighted by atomic mass is 16.2. The van der Waals surface area contributed by atoms with Crippen LogP contribution in [0.4, 0.5) is 5.69 Å². The van der Waals surface area contributed by atoms with Crippen LogP contribution in [0.15, 0.2) is 24.3 Å². The predicted molar refractivity (Wildman–Crippen MR) is 75.8 cm³/mol. The van der Waals surface area contributed by atoms with Gasteiger partial charge in [0.2, 0.25) is 5.91 Å². The molecular formula is C14H23N3O. The lowest BCUT2D eigenvalue weighted by molar-refractivity contribution is -0.132. The molecule has 0 heterocycles. The topological polar surface area (TPSA) is 35.6 Å². The first-order valence-electron chi connectivity index (χ1n) is 6.14. The Morgan fingerprint density at radius 3 is 2.22 bits per heavy atom. The van der Waals surface area contributed by atoms with Gasteiger partial charge in [0.25, 0.3) is 0 Å². The van der Waals surface area contributed by atoms with Gasteiger partial charge >= 0.3 is 0 Å². The second kappa shape index (κ2) is 6.40. The van der Waals surface area contributed by atoms with Gasteiger partial charge in [0, 0.05) is 33.4 Å². The second-order valence-electron chi connectivity index (χ2n) is 4.77. The summed E-state index contributed by atoms with van der Waals surface area (Å²) in [6.45, 7) is 2.51. The van der Waals surface area contributed by atoms with Crippen molar-refractivity contribution >= 4 is 11.6 Å². The summed E-state index contributed by atoms with van der Waals surface area (Å²) in [4.78, 5) is 15.7. The molecule has 1 aromatic carbocycles. The van der Waals surface area contributed by atoms with Crippen LogP contribution in [0.25, 0.3) is 0 Å². The van der Waals surface area contributed by atoms with Crippen LogP contribution in [0.1, 0.15) is 12.5 Å². The molecule has 1 atom stereocenters. The van der Waals surface area contributed by atoms with E-state index in [4.69, 9.17) is 0 Å². The van der Waals surface area contributed by atoms with E-state index in [0.29, 0.717) is 6.54 Å². The number of carbonyl (C=O) groups is 1. The minimum Gasteiger partial charge on any atom is -0.378 e. The molecule has 1 aromatic rings. The Hall–Kier alpha value is -1.55. The van der Waals surface area contributed by atoms with Crippen molar-refractivity contribution in [2.75, 3.05) is 33.1 Å². The van der Waals surface area contributed by atoms with E-state index in [1.165, 1.54) is 0 Å². The fourth-order valence-corrected chi connectivity index (χ4v) is 1.71. The highest BCUT2D eigenvalue weighted by Crippen LogP contribution is 2.13. The van der Waals surface area contributed by atoms with Crippen molar-refractivity contribution in [3.63, 3.8) is 0 Å². The van der Waals surface area contributed by atoms with E-state index in [1.54, 1.807) is 11.9 Å². The lowest BCUT2D eigenvalue weighted by Crippen LogP contribution is -2.41. The van der Waals surface area contributed by atoms with Crippen molar-refractivity contribution in [2.45, 2.75) is 19.5 Å². The Kier molecular flexibility index (Phi) is 5.16. The van der Waals surface area contributed by atoms with Crippen LogP contribution in [-0.2, 0) is 11.3 Å². The van der Waals surface area contributed by atoms with E-state index in [1.807, 2.05) is 28.1 Å². The van der Waals surface area contributed by atoms with E-state index in [9.17, 15) is 4.79 Å². The van der Waals surface area contributed by atoms with Gasteiger partial charge in [0.1, 0.15) is 0 Å². The molecule has 0 radical (unpaired) electrons. The van der Waals surface area contributed by atoms with Crippen molar-refractivity contribution in [2.24, 2.45) is 0 Å². The molecule has 0 spiro atoms. The van der Waals surface area contributed by atoms with Gasteiger partial charge in [-0.15, -0.1) is 0 Å². The number of likely N-dealkylation sites (N-methyl/N-ethyl adjacent to an activating group) is 2. The summed E-state index contributed by atoms with van der Waals surface area (Å²) in [5.41, 5.74) is 2.30. The molecule has 1 N–H and O–H groups in total. The molecule has 0 fully saturated rings. The van der Waals surface area contributed by atoms with Crippen LogP contribution < -0.4 is 10.2 Å². The maximum absolute atomic E-state index is 11.9. The van der Waals surface area contributed by atoms with Crippen LogP contribution >= 0.6 is 0 Å². The van der Waals surface area contributed by atoms with Gasteiger partial charge in [0.15, 0.2) is 0 Å². The summed E-state index contributed by atoms with van der Waals surface area (Å²) in [6, 6.07) is 8.10. The molecule has 0 saturated heterocycles. The zero-order chi connectivity index (χ0) is 13.7. The molecule has 18 heavy (non-hydrogen) atoms. The maximum atomic E-state index is 11.9. The summed E-state index contributed by atoms with van der Waals surface area (Å²) >= 11 is 0. The molecule has 0 aromatic heterocycles. The molecule has 0 bridgehead atoms. The zero-order valence-electron chi connectivity index (χ0n) is 11.9. The molecule has 0 saturated carbocycles. The van der Waals surface area contributed by atoms with Crippen molar-refractivity contribution in [1.29, 1.82) is 0 Å². The minimum atomic E-state index is -0.143. The fourth-order valence-electron chi connectivity index (χ4n) is 1.71. The second-order valence-corrected chi connectivity index (χ2v) is 4.77. The Bertz CT molecular complexity index is 387. The van der Waals surface area contributed by atoms with Crippen molar-refractivity contribution in [1.82, 2.24) is 10.2 Å². The smallest absolute Gasteiger partial charge is 0.239 e. The predicted octanol–water partition coefficient (Wildman–Crippen LogP) is 1.32. The molecule has 100 valence electrons. The zero-order valence-corrected chi connectivity index (χ0v) is 11.9. The van der Waals surface area contributed by atoms with Gasteiger partial charge in [0.05, 0.1) is 6.04 Å². The summed E-state index contributed by atoms with van der Waals surface area (Å²) < 4.78 is 0. The van der Waals surface area contributed by atoms with E-state index >= 15 is 0 Å². The average Bonchev–Trinajstić information content (AvgIpc) is 2.37. The molecule has 1 rings (SSSR count). The third-order valence-corrected chi connectivity index (χ3v) is 3.05. The van der Waals surface area contributed by atoms with Crippen LogP contribution in [0.3, 0.4) is 0 Å². The third kappa shape index (κ3) is 3.74. The van der Waals surface area contributed by atoms with E-state index in [0.717, 1.165) is 11.3 Å². The maximum Gasteiger partial charge on any atom is 0.239 e. The van der Waals surface area contributed by atoms with Gasteiger partial charge in [-0.05, 0) is 31.7 Å². The number of hydrogen-bond acceptors (Lipinski definition) is 3. The standard InChI is InChI=1S/C14H23N3O/c1-11(15-2)14(18)17(5)10-12-6-8-13(9-7-12)16(3)4/h6-9,11,15H,10H2,1-5H3. The SMILES string of the molecule is CNC(C)C(=O)N(C)Cc1ccc(N(C)C)cc1. The summed E-state index contributed by atoms with van der Waals surface area (Å²) in [5, 5.41) is 2.96. The normalized spacial score (nSPS) is 12.1. The average molecular weight is 249 g/mol. The van der Waals surface area contributed by atoms with Crippen molar-refractivity contribution < 1.29 is 4.79 Å². The monoisotopic (exact) mass is 249 g/mol. The van der Waals surface area contributed by atoms with Crippen LogP contribution in [0.2, 0.25) is 0 Å². The largest absolute Gasteiger partial charge is 0.378 e. The first kappa shape index (κ1) is 14.5. The molecule has 0 aliphatic rings. The van der Waals surface area contributed by atoms with Gasteiger partial charge in [-0.3, -0.25) is 4.79 Å². The number of rotatable bonds is 5. The molecule has 0 aliphatic carbocycles. The number of hydrogen-bond donors (Lipinski definition) is 1. The molecule has 1 unspecified atom stereocenters. The lowest BCUT2D eigenvalue weighted by Gasteiger charge is -2.21. The first-order chi connectivity index (χ1) is 8.45. The lowest BCUT2D eigenvalue weighted by atomic mass is 10.2. The summed E-state index contributed by atoms with van der Waals surface area (Å²) in [6.07, 6.45) is 0. The van der Waals surface area contributed by atoms with Gasteiger partial charge in [-0.2, -0.15) is 0 Å². The number of anilines is 1. The fraction of sp³-hybridized carbons (Fsp3) is 0.500.